The van der Waals surface area contributed by atoms with E-state index in [0.29, 0.717) is 6.07 Å². The molecule has 0 unspecified atom stereocenters. The topological polar surface area (TPSA) is 74.4 Å². The lowest BCUT2D eigenvalue weighted by molar-refractivity contribution is 0.0527. The minimum atomic E-state index is -0.801. The third-order valence-electron chi connectivity index (χ3n) is 2.50. The summed E-state index contributed by atoms with van der Waals surface area (Å²) in [6.07, 6.45) is 1.29. The van der Waals surface area contributed by atoms with Gasteiger partial charge in [0.05, 0.1) is 12.2 Å². The Bertz CT molecular complexity index is 657. The zero-order chi connectivity index (χ0) is 15.4. The molecule has 0 aliphatic heterocycles. The number of nitrogens with zero attached hydrogens (tertiary/aromatic N) is 1. The van der Waals surface area contributed by atoms with E-state index in [-0.39, 0.29) is 29.5 Å². The molecule has 0 radical (unpaired) electrons. The molecule has 0 saturated heterocycles. The predicted molar refractivity (Wildman–Crippen MR) is 71.0 cm³/mol. The van der Waals surface area contributed by atoms with Gasteiger partial charge in [-0.25, -0.2) is 18.6 Å². The summed E-state index contributed by atoms with van der Waals surface area (Å²) in [5.41, 5.74) is 5.76. The van der Waals surface area contributed by atoms with Crippen LogP contribution in [0.15, 0.2) is 30.5 Å². The molecule has 0 atom stereocenters. The van der Waals surface area contributed by atoms with Gasteiger partial charge in [-0.15, -0.1) is 0 Å². The van der Waals surface area contributed by atoms with E-state index in [2.05, 4.69) is 4.98 Å². The Morgan fingerprint density at radius 3 is 2.57 bits per heavy atom. The quantitative estimate of drug-likeness (QED) is 0.878. The SMILES string of the molecule is CCOC(=O)c1ccnc(Oc2cc(F)cc(F)c2)c1N. The number of esters is 1. The molecule has 0 saturated carbocycles. The molecule has 1 aromatic heterocycles. The van der Waals surface area contributed by atoms with Crippen LogP contribution in [-0.2, 0) is 4.74 Å². The highest BCUT2D eigenvalue weighted by Gasteiger charge is 2.16. The summed E-state index contributed by atoms with van der Waals surface area (Å²) in [6.45, 7) is 1.84. The van der Waals surface area contributed by atoms with Crippen molar-refractivity contribution in [1.29, 1.82) is 0 Å². The van der Waals surface area contributed by atoms with Gasteiger partial charge in [-0.3, -0.25) is 0 Å². The van der Waals surface area contributed by atoms with E-state index >= 15 is 0 Å². The zero-order valence-electron chi connectivity index (χ0n) is 11.1. The number of anilines is 1. The van der Waals surface area contributed by atoms with Gasteiger partial charge in [0.2, 0.25) is 5.88 Å². The smallest absolute Gasteiger partial charge is 0.340 e. The fourth-order valence-electron chi connectivity index (χ4n) is 1.62. The average molecular weight is 294 g/mol. The van der Waals surface area contributed by atoms with Crippen molar-refractivity contribution in [2.24, 2.45) is 0 Å². The van der Waals surface area contributed by atoms with Crippen LogP contribution in [-0.4, -0.2) is 17.6 Å². The van der Waals surface area contributed by atoms with Gasteiger partial charge in [0.25, 0.3) is 0 Å². The van der Waals surface area contributed by atoms with Crippen LogP contribution in [0.2, 0.25) is 0 Å². The van der Waals surface area contributed by atoms with Crippen LogP contribution in [0.3, 0.4) is 0 Å². The standard InChI is InChI=1S/C14H12F2N2O3/c1-2-20-14(19)11-3-4-18-13(12(11)17)21-10-6-8(15)5-9(16)7-10/h3-7H,2,17H2,1H3. The van der Waals surface area contributed by atoms with Crippen LogP contribution in [0.4, 0.5) is 14.5 Å². The first kappa shape index (κ1) is 14.7. The minimum absolute atomic E-state index is 0.0683. The summed E-state index contributed by atoms with van der Waals surface area (Å²) >= 11 is 0. The van der Waals surface area contributed by atoms with Gasteiger partial charge < -0.3 is 15.2 Å². The lowest BCUT2D eigenvalue weighted by Crippen LogP contribution is -2.09. The number of nitrogen functional groups attached to an aromatic ring is 1. The molecule has 0 spiro atoms. The molecule has 1 aromatic carbocycles. The Morgan fingerprint density at radius 2 is 1.95 bits per heavy atom. The highest BCUT2D eigenvalue weighted by molar-refractivity contribution is 5.96. The molecule has 0 bridgehead atoms. The Hall–Kier alpha value is -2.70. The summed E-state index contributed by atoms with van der Waals surface area (Å²) in [6, 6.07) is 4.02. The van der Waals surface area contributed by atoms with Gasteiger partial charge in [-0.1, -0.05) is 0 Å². The molecule has 110 valence electrons. The lowest BCUT2D eigenvalue weighted by atomic mass is 10.2. The van der Waals surface area contributed by atoms with Crippen molar-refractivity contribution < 1.29 is 23.0 Å². The van der Waals surface area contributed by atoms with E-state index < -0.39 is 17.6 Å². The maximum atomic E-state index is 13.1. The second-order valence-electron chi connectivity index (χ2n) is 4.01. The van der Waals surface area contributed by atoms with E-state index in [9.17, 15) is 13.6 Å². The van der Waals surface area contributed by atoms with Crippen LogP contribution in [0.25, 0.3) is 0 Å². The molecule has 0 aliphatic rings. The van der Waals surface area contributed by atoms with E-state index in [4.69, 9.17) is 15.2 Å². The van der Waals surface area contributed by atoms with Gasteiger partial charge in [0.15, 0.2) is 0 Å². The van der Waals surface area contributed by atoms with Crippen molar-refractivity contribution in [2.75, 3.05) is 12.3 Å². The molecule has 2 N–H and O–H groups in total. The second kappa shape index (κ2) is 6.17. The van der Waals surface area contributed by atoms with Gasteiger partial charge in [0.1, 0.15) is 23.1 Å². The Morgan fingerprint density at radius 1 is 1.29 bits per heavy atom. The van der Waals surface area contributed by atoms with Crippen molar-refractivity contribution in [2.45, 2.75) is 6.92 Å². The summed E-state index contributed by atoms with van der Waals surface area (Å²) in [7, 11) is 0. The van der Waals surface area contributed by atoms with Crippen LogP contribution in [0.5, 0.6) is 11.6 Å². The van der Waals surface area contributed by atoms with E-state index in [1.807, 2.05) is 0 Å². The first-order valence-corrected chi connectivity index (χ1v) is 6.06. The summed E-state index contributed by atoms with van der Waals surface area (Å²) in [5, 5.41) is 0. The van der Waals surface area contributed by atoms with Crippen LogP contribution < -0.4 is 10.5 Å². The number of carbonyl (C=O) groups is 1. The predicted octanol–water partition coefficient (Wildman–Crippen LogP) is 2.91. The van der Waals surface area contributed by atoms with Crippen molar-refractivity contribution in [3.63, 3.8) is 0 Å². The summed E-state index contributed by atoms with van der Waals surface area (Å²) < 4.78 is 36.2. The molecule has 5 nitrogen and oxygen atoms in total. The van der Waals surface area contributed by atoms with Crippen LogP contribution in [0, 0.1) is 11.6 Å². The number of ether oxygens (including phenoxy) is 2. The van der Waals surface area contributed by atoms with Gasteiger partial charge in [0, 0.05) is 24.4 Å². The molecule has 0 amide bonds. The number of nitrogens with two attached hydrogens (primary N) is 1. The van der Waals surface area contributed by atoms with Crippen molar-refractivity contribution >= 4 is 11.7 Å². The highest BCUT2D eigenvalue weighted by Crippen LogP contribution is 2.28. The van der Waals surface area contributed by atoms with E-state index in [1.54, 1.807) is 6.92 Å². The fourth-order valence-corrected chi connectivity index (χ4v) is 1.62. The summed E-state index contributed by atoms with van der Waals surface area (Å²) in [4.78, 5) is 15.5. The number of hydrogen-bond acceptors (Lipinski definition) is 5. The molecule has 0 aliphatic carbocycles. The number of aromatic nitrogens is 1. The van der Waals surface area contributed by atoms with E-state index in [1.165, 1.54) is 12.3 Å². The molecule has 1 heterocycles. The number of hydrogen-bond donors (Lipinski definition) is 1. The van der Waals surface area contributed by atoms with Gasteiger partial charge >= 0.3 is 5.97 Å². The largest absolute Gasteiger partial charge is 0.462 e. The second-order valence-corrected chi connectivity index (χ2v) is 4.01. The van der Waals surface area contributed by atoms with E-state index in [0.717, 1.165) is 12.1 Å². The molecule has 2 rings (SSSR count). The minimum Gasteiger partial charge on any atom is -0.462 e. The number of carbonyl (C=O) groups excluding carboxylic acids is 1. The number of rotatable bonds is 4. The van der Waals surface area contributed by atoms with Crippen molar-refractivity contribution in [1.82, 2.24) is 4.98 Å². The molecule has 2 aromatic rings. The lowest BCUT2D eigenvalue weighted by Gasteiger charge is -2.10. The first-order chi connectivity index (χ1) is 10.0. The molecule has 0 fully saturated rings. The average Bonchev–Trinajstić information content (AvgIpc) is 2.40. The van der Waals surface area contributed by atoms with Gasteiger partial charge in [-0.2, -0.15) is 0 Å². The maximum Gasteiger partial charge on any atom is 0.340 e. The fraction of sp³-hybridized carbons (Fsp3) is 0.143. The highest BCUT2D eigenvalue weighted by atomic mass is 19.1. The molecular formula is C14H12F2N2O3. The third-order valence-corrected chi connectivity index (χ3v) is 2.50. The summed E-state index contributed by atoms with van der Waals surface area (Å²) in [5.74, 6) is -2.49. The molecule has 7 heteroatoms. The number of halogens is 2. The normalized spacial score (nSPS) is 10.2. The van der Waals surface area contributed by atoms with Gasteiger partial charge in [-0.05, 0) is 13.0 Å². The third kappa shape index (κ3) is 3.44. The van der Waals surface area contributed by atoms with Crippen LogP contribution >= 0.6 is 0 Å². The van der Waals surface area contributed by atoms with Crippen molar-refractivity contribution in [3.8, 4) is 11.6 Å². The first-order valence-electron chi connectivity index (χ1n) is 6.06. The van der Waals surface area contributed by atoms with Crippen LogP contribution in [0.1, 0.15) is 17.3 Å². The Balaban J connectivity index is 2.32. The Kier molecular flexibility index (Phi) is 4.32. The monoisotopic (exact) mass is 294 g/mol. The zero-order valence-corrected chi connectivity index (χ0v) is 11.1. The van der Waals surface area contributed by atoms with Crippen molar-refractivity contribution in [3.05, 3.63) is 47.7 Å². The number of pyridine rings is 1. The number of benzene rings is 1. The molecule has 21 heavy (non-hydrogen) atoms. The molecular weight excluding hydrogens is 282 g/mol. The maximum absolute atomic E-state index is 13.1. The Labute approximate surface area is 119 Å².